The molecule has 1 amide bonds. The fraction of sp³-hybridized carbons (Fsp3) is 0.167. The van der Waals surface area contributed by atoms with E-state index < -0.39 is 0 Å². The highest BCUT2D eigenvalue weighted by atomic mass is 16.3. The molecule has 3 nitrogen and oxygen atoms in total. The van der Waals surface area contributed by atoms with Gasteiger partial charge in [-0.1, -0.05) is 48.5 Å². The Kier molecular flexibility index (Phi) is 2.78. The molecule has 104 valence electrons. The molecule has 21 heavy (non-hydrogen) atoms. The summed E-state index contributed by atoms with van der Waals surface area (Å²) in [6.07, 6.45) is 0.472. The predicted octanol–water partition coefficient (Wildman–Crippen LogP) is 3.78. The van der Waals surface area contributed by atoms with Crippen molar-refractivity contribution in [3.63, 3.8) is 0 Å². The quantitative estimate of drug-likeness (QED) is 0.774. The van der Waals surface area contributed by atoms with Crippen molar-refractivity contribution in [1.82, 2.24) is 5.32 Å². The van der Waals surface area contributed by atoms with E-state index in [-0.39, 0.29) is 17.9 Å². The number of hydrogen-bond acceptors (Lipinski definition) is 2. The van der Waals surface area contributed by atoms with Gasteiger partial charge in [-0.2, -0.15) is 0 Å². The second kappa shape index (κ2) is 4.77. The van der Waals surface area contributed by atoms with Gasteiger partial charge in [0.1, 0.15) is 11.3 Å². The molecule has 1 aliphatic rings. The third-order valence-electron chi connectivity index (χ3n) is 4.09. The molecule has 0 radical (unpaired) electrons. The van der Waals surface area contributed by atoms with Crippen molar-refractivity contribution in [2.45, 2.75) is 18.4 Å². The van der Waals surface area contributed by atoms with E-state index in [2.05, 4.69) is 11.4 Å². The van der Waals surface area contributed by atoms with Crippen LogP contribution in [0, 0.1) is 0 Å². The highest BCUT2D eigenvalue weighted by molar-refractivity contribution is 5.82. The predicted molar refractivity (Wildman–Crippen MR) is 80.9 cm³/mol. The van der Waals surface area contributed by atoms with Gasteiger partial charge >= 0.3 is 0 Å². The number of para-hydroxylation sites is 1. The maximum atomic E-state index is 11.9. The third-order valence-corrected chi connectivity index (χ3v) is 4.09. The number of rotatable bonds is 2. The maximum Gasteiger partial charge on any atom is 0.221 e. The summed E-state index contributed by atoms with van der Waals surface area (Å²) in [6, 6.07) is 20.1. The molecule has 2 heterocycles. The van der Waals surface area contributed by atoms with E-state index in [0.717, 1.165) is 22.3 Å². The fourth-order valence-corrected chi connectivity index (χ4v) is 3.08. The molecule has 1 fully saturated rings. The molecule has 2 aromatic carbocycles. The SMILES string of the molecule is O=C1CC(c2cc3ccccc3o2)C(c2ccccc2)N1. The van der Waals surface area contributed by atoms with Gasteiger partial charge in [0.15, 0.2) is 0 Å². The van der Waals surface area contributed by atoms with Crippen LogP contribution >= 0.6 is 0 Å². The van der Waals surface area contributed by atoms with E-state index in [1.165, 1.54) is 0 Å². The number of hydrogen-bond donors (Lipinski definition) is 1. The normalized spacial score (nSPS) is 21.6. The Balaban J connectivity index is 1.76. The van der Waals surface area contributed by atoms with E-state index in [1.54, 1.807) is 0 Å². The molecule has 2 atom stereocenters. The Labute approximate surface area is 122 Å². The lowest BCUT2D eigenvalue weighted by atomic mass is 9.92. The zero-order valence-electron chi connectivity index (χ0n) is 11.5. The monoisotopic (exact) mass is 277 g/mol. The number of carbonyl (C=O) groups is 1. The summed E-state index contributed by atoms with van der Waals surface area (Å²) in [5.74, 6) is 1.00. The summed E-state index contributed by atoms with van der Waals surface area (Å²) in [6.45, 7) is 0. The highest BCUT2D eigenvalue weighted by Gasteiger charge is 2.36. The van der Waals surface area contributed by atoms with Crippen LogP contribution in [0.3, 0.4) is 0 Å². The largest absolute Gasteiger partial charge is 0.461 e. The molecule has 0 bridgehead atoms. The van der Waals surface area contributed by atoms with Crippen LogP contribution in [0.5, 0.6) is 0 Å². The lowest BCUT2D eigenvalue weighted by molar-refractivity contribution is -0.119. The Morgan fingerprint density at radius 3 is 2.57 bits per heavy atom. The zero-order valence-corrected chi connectivity index (χ0v) is 11.5. The fourth-order valence-electron chi connectivity index (χ4n) is 3.08. The summed E-state index contributed by atoms with van der Waals surface area (Å²) in [4.78, 5) is 11.9. The van der Waals surface area contributed by atoms with E-state index in [4.69, 9.17) is 4.42 Å². The molecule has 0 spiro atoms. The summed E-state index contributed by atoms with van der Waals surface area (Å²) in [5, 5.41) is 4.15. The molecule has 1 N–H and O–H groups in total. The second-order valence-corrected chi connectivity index (χ2v) is 5.45. The first-order valence-electron chi connectivity index (χ1n) is 7.14. The van der Waals surface area contributed by atoms with Gasteiger partial charge in [0, 0.05) is 11.8 Å². The number of nitrogens with one attached hydrogen (secondary N) is 1. The second-order valence-electron chi connectivity index (χ2n) is 5.45. The minimum absolute atomic E-state index is 0.0146. The van der Waals surface area contributed by atoms with E-state index >= 15 is 0 Å². The van der Waals surface area contributed by atoms with Gasteiger partial charge in [0.05, 0.1) is 12.0 Å². The van der Waals surface area contributed by atoms with Crippen LogP contribution in [-0.2, 0) is 4.79 Å². The molecular formula is C18H15NO2. The Morgan fingerprint density at radius 1 is 1.00 bits per heavy atom. The van der Waals surface area contributed by atoms with Crippen LogP contribution in [0.4, 0.5) is 0 Å². The molecule has 1 saturated heterocycles. The molecule has 1 aliphatic heterocycles. The standard InChI is InChI=1S/C18H15NO2/c20-17-11-14(18(19-17)12-6-2-1-3-7-12)16-10-13-8-4-5-9-15(13)21-16/h1-10,14,18H,11H2,(H,19,20). The molecule has 3 aromatic rings. The number of fused-ring (bicyclic) bond motifs is 1. The van der Waals surface area contributed by atoms with Crippen molar-refractivity contribution in [3.05, 3.63) is 72.0 Å². The smallest absolute Gasteiger partial charge is 0.221 e. The Hall–Kier alpha value is -2.55. The van der Waals surface area contributed by atoms with Crippen LogP contribution in [0.2, 0.25) is 0 Å². The molecule has 2 unspecified atom stereocenters. The molecule has 0 aliphatic carbocycles. The van der Waals surface area contributed by atoms with Crippen LogP contribution in [0.1, 0.15) is 29.7 Å². The van der Waals surface area contributed by atoms with Gasteiger partial charge in [-0.15, -0.1) is 0 Å². The third kappa shape index (κ3) is 2.11. The highest BCUT2D eigenvalue weighted by Crippen LogP contribution is 2.40. The first kappa shape index (κ1) is 12.2. The van der Waals surface area contributed by atoms with Gasteiger partial charge in [-0.05, 0) is 17.7 Å². The van der Waals surface area contributed by atoms with Crippen LogP contribution < -0.4 is 5.32 Å². The summed E-state index contributed by atoms with van der Waals surface area (Å²) in [7, 11) is 0. The molecule has 4 rings (SSSR count). The number of amides is 1. The summed E-state index contributed by atoms with van der Waals surface area (Å²) < 4.78 is 5.96. The van der Waals surface area contributed by atoms with Crippen molar-refractivity contribution in [2.24, 2.45) is 0 Å². The number of furan rings is 1. The van der Waals surface area contributed by atoms with Crippen molar-refractivity contribution in [2.75, 3.05) is 0 Å². The van der Waals surface area contributed by atoms with Crippen LogP contribution in [-0.4, -0.2) is 5.91 Å². The average Bonchev–Trinajstić information content (AvgIpc) is 3.11. The van der Waals surface area contributed by atoms with E-state index in [9.17, 15) is 4.79 Å². The molecule has 3 heteroatoms. The van der Waals surface area contributed by atoms with Crippen molar-refractivity contribution < 1.29 is 9.21 Å². The van der Waals surface area contributed by atoms with Gasteiger partial charge in [-0.3, -0.25) is 4.79 Å². The van der Waals surface area contributed by atoms with Gasteiger partial charge in [0.2, 0.25) is 5.91 Å². The van der Waals surface area contributed by atoms with E-state index in [1.807, 2.05) is 54.6 Å². The summed E-state index contributed by atoms with van der Waals surface area (Å²) in [5.41, 5.74) is 1.99. The maximum absolute atomic E-state index is 11.9. The Bertz CT molecular complexity index is 758. The minimum atomic E-state index is -0.0146. The first-order chi connectivity index (χ1) is 10.3. The topological polar surface area (TPSA) is 42.2 Å². The molecule has 0 saturated carbocycles. The zero-order chi connectivity index (χ0) is 14.2. The Morgan fingerprint density at radius 2 is 1.76 bits per heavy atom. The van der Waals surface area contributed by atoms with E-state index in [0.29, 0.717) is 6.42 Å². The van der Waals surface area contributed by atoms with Crippen molar-refractivity contribution in [1.29, 1.82) is 0 Å². The number of benzene rings is 2. The summed E-state index contributed by atoms with van der Waals surface area (Å²) >= 11 is 0. The van der Waals surface area contributed by atoms with Gasteiger partial charge < -0.3 is 9.73 Å². The van der Waals surface area contributed by atoms with Gasteiger partial charge in [-0.25, -0.2) is 0 Å². The number of carbonyl (C=O) groups excluding carboxylic acids is 1. The van der Waals surface area contributed by atoms with Crippen molar-refractivity contribution >= 4 is 16.9 Å². The van der Waals surface area contributed by atoms with Crippen LogP contribution in [0.15, 0.2) is 65.1 Å². The van der Waals surface area contributed by atoms with Crippen LogP contribution in [0.25, 0.3) is 11.0 Å². The molecule has 1 aromatic heterocycles. The lowest BCUT2D eigenvalue weighted by Crippen LogP contribution is -2.20. The average molecular weight is 277 g/mol. The first-order valence-corrected chi connectivity index (χ1v) is 7.14. The lowest BCUT2D eigenvalue weighted by Gasteiger charge is -2.17. The molecular weight excluding hydrogens is 262 g/mol. The van der Waals surface area contributed by atoms with Gasteiger partial charge in [0.25, 0.3) is 0 Å². The minimum Gasteiger partial charge on any atom is -0.461 e. The van der Waals surface area contributed by atoms with Crippen molar-refractivity contribution in [3.8, 4) is 0 Å².